The van der Waals surface area contributed by atoms with Crippen LogP contribution in [0.5, 0.6) is 0 Å². The van der Waals surface area contributed by atoms with Crippen LogP contribution in [0, 0.1) is 5.82 Å². The van der Waals surface area contributed by atoms with Gasteiger partial charge in [-0.25, -0.2) is 8.91 Å². The number of benzene rings is 1. The summed E-state index contributed by atoms with van der Waals surface area (Å²) in [5.41, 5.74) is 3.13. The van der Waals surface area contributed by atoms with Crippen molar-refractivity contribution in [1.82, 2.24) is 14.9 Å². The second kappa shape index (κ2) is 8.01. The average Bonchev–Trinajstić information content (AvgIpc) is 3.05. The minimum atomic E-state index is -0.507. The van der Waals surface area contributed by atoms with E-state index in [1.54, 1.807) is 22.8 Å². The van der Waals surface area contributed by atoms with Crippen LogP contribution in [0.15, 0.2) is 47.1 Å². The van der Waals surface area contributed by atoms with E-state index in [2.05, 4.69) is 26.3 Å². The lowest BCUT2D eigenvalue weighted by molar-refractivity contribution is 0.0712. The van der Waals surface area contributed by atoms with Crippen LogP contribution in [-0.4, -0.2) is 32.8 Å². The van der Waals surface area contributed by atoms with Gasteiger partial charge >= 0.3 is 0 Å². The number of hydrogen-bond acceptors (Lipinski definition) is 3. The molecular formula is C21H21BrFN3O2. The van der Waals surface area contributed by atoms with Crippen molar-refractivity contribution in [2.24, 2.45) is 0 Å². The fraction of sp³-hybridized carbons (Fsp3) is 0.333. The highest BCUT2D eigenvalue weighted by Crippen LogP contribution is 2.24. The van der Waals surface area contributed by atoms with Crippen LogP contribution in [0.1, 0.15) is 47.3 Å². The van der Waals surface area contributed by atoms with E-state index < -0.39 is 6.10 Å². The molecule has 1 aromatic carbocycles. The SMILES string of the molecule is O=C(N[C@H]1CCCC[C@@H]1O)c1cc(Cc2ccc(F)c(Br)c2)c2cccnn12. The standard InChI is InChI=1S/C21H21BrFN3O2/c22-15-11-13(7-8-16(15)23)10-14-12-19(26-18(14)5-3-9-24-26)21(28)25-17-4-1-2-6-20(17)27/h3,5,7-9,11-12,17,20,27H,1-2,4,6,10H2,(H,25,28)/t17-,20-/m0/s1. The summed E-state index contributed by atoms with van der Waals surface area (Å²) in [6, 6.07) is 10.2. The number of fused-ring (bicyclic) bond motifs is 1. The summed E-state index contributed by atoms with van der Waals surface area (Å²) < 4.78 is 15.6. The highest BCUT2D eigenvalue weighted by molar-refractivity contribution is 9.10. The van der Waals surface area contributed by atoms with Crippen molar-refractivity contribution in [3.05, 3.63) is 69.7 Å². The fourth-order valence-corrected chi connectivity index (χ4v) is 4.23. The Labute approximate surface area is 170 Å². The van der Waals surface area contributed by atoms with Gasteiger partial charge in [0.15, 0.2) is 0 Å². The number of hydrogen-bond donors (Lipinski definition) is 2. The summed E-state index contributed by atoms with van der Waals surface area (Å²) in [4.78, 5) is 12.9. The van der Waals surface area contributed by atoms with Crippen molar-refractivity contribution in [2.75, 3.05) is 0 Å². The molecule has 146 valence electrons. The third-order valence-electron chi connectivity index (χ3n) is 5.28. The quantitative estimate of drug-likeness (QED) is 0.640. The summed E-state index contributed by atoms with van der Waals surface area (Å²) in [6.45, 7) is 0. The van der Waals surface area contributed by atoms with E-state index in [9.17, 15) is 14.3 Å². The third-order valence-corrected chi connectivity index (χ3v) is 5.88. The molecule has 2 heterocycles. The first-order valence-corrected chi connectivity index (χ1v) is 10.2. The summed E-state index contributed by atoms with van der Waals surface area (Å²) in [5.74, 6) is -0.551. The average molecular weight is 446 g/mol. The molecule has 1 aliphatic rings. The highest BCUT2D eigenvalue weighted by atomic mass is 79.9. The third kappa shape index (κ3) is 3.82. The first kappa shape index (κ1) is 19.1. The minimum absolute atomic E-state index is 0.230. The number of nitrogens with one attached hydrogen (secondary N) is 1. The molecule has 2 atom stereocenters. The number of nitrogens with zero attached hydrogens (tertiary/aromatic N) is 2. The normalized spacial score (nSPS) is 19.7. The number of carbonyl (C=O) groups excluding carboxylic acids is 1. The minimum Gasteiger partial charge on any atom is -0.391 e. The molecule has 0 radical (unpaired) electrons. The molecule has 5 nitrogen and oxygen atoms in total. The maximum absolute atomic E-state index is 13.5. The Morgan fingerprint density at radius 2 is 2.11 bits per heavy atom. The van der Waals surface area contributed by atoms with Crippen molar-refractivity contribution in [1.29, 1.82) is 0 Å². The van der Waals surface area contributed by atoms with E-state index >= 15 is 0 Å². The predicted octanol–water partition coefficient (Wildman–Crippen LogP) is 3.86. The van der Waals surface area contributed by atoms with Gasteiger partial charge in [0.2, 0.25) is 0 Å². The van der Waals surface area contributed by atoms with Gasteiger partial charge in [-0.2, -0.15) is 5.10 Å². The fourth-order valence-electron chi connectivity index (χ4n) is 3.80. The molecule has 0 bridgehead atoms. The van der Waals surface area contributed by atoms with E-state index in [-0.39, 0.29) is 17.8 Å². The molecule has 3 aromatic rings. The number of amides is 1. The van der Waals surface area contributed by atoms with Gasteiger partial charge in [0.05, 0.1) is 22.1 Å². The van der Waals surface area contributed by atoms with Gasteiger partial charge in [0, 0.05) is 6.20 Å². The first-order valence-electron chi connectivity index (χ1n) is 9.41. The molecule has 2 N–H and O–H groups in total. The Morgan fingerprint density at radius 3 is 2.89 bits per heavy atom. The van der Waals surface area contributed by atoms with Crippen LogP contribution >= 0.6 is 15.9 Å². The van der Waals surface area contributed by atoms with Gasteiger partial charge in [-0.3, -0.25) is 4.79 Å². The second-order valence-corrected chi connectivity index (χ2v) is 8.09. The Hall–Kier alpha value is -2.25. The molecule has 1 aliphatic carbocycles. The highest BCUT2D eigenvalue weighted by Gasteiger charge is 2.26. The zero-order valence-corrected chi connectivity index (χ0v) is 16.8. The van der Waals surface area contributed by atoms with Crippen LogP contribution in [0.25, 0.3) is 5.52 Å². The molecule has 0 aliphatic heterocycles. The van der Waals surface area contributed by atoms with Crippen molar-refractivity contribution in [3.8, 4) is 0 Å². The zero-order valence-electron chi connectivity index (χ0n) is 15.2. The summed E-state index contributed by atoms with van der Waals surface area (Å²) in [7, 11) is 0. The number of aliphatic hydroxyl groups excluding tert-OH is 1. The molecule has 4 rings (SSSR count). The number of carbonyl (C=O) groups is 1. The summed E-state index contributed by atoms with van der Waals surface area (Å²) in [5, 5.41) is 17.5. The second-order valence-electron chi connectivity index (χ2n) is 7.23. The molecular weight excluding hydrogens is 425 g/mol. The lowest BCUT2D eigenvalue weighted by Gasteiger charge is -2.28. The lowest BCUT2D eigenvalue weighted by atomic mass is 9.92. The Morgan fingerprint density at radius 1 is 1.29 bits per heavy atom. The molecule has 1 amide bonds. The number of aromatic nitrogens is 2. The van der Waals surface area contributed by atoms with E-state index in [4.69, 9.17) is 0 Å². The van der Waals surface area contributed by atoms with Crippen LogP contribution in [-0.2, 0) is 6.42 Å². The Kier molecular flexibility index (Phi) is 5.46. The summed E-state index contributed by atoms with van der Waals surface area (Å²) in [6.07, 6.45) is 5.15. The Balaban J connectivity index is 1.64. The Bertz CT molecular complexity index is 1020. The molecule has 0 spiro atoms. The van der Waals surface area contributed by atoms with E-state index in [1.807, 2.05) is 18.2 Å². The zero-order chi connectivity index (χ0) is 19.7. The summed E-state index contributed by atoms with van der Waals surface area (Å²) >= 11 is 3.22. The van der Waals surface area contributed by atoms with E-state index in [0.717, 1.165) is 35.9 Å². The van der Waals surface area contributed by atoms with Gasteiger partial charge in [0.25, 0.3) is 5.91 Å². The van der Waals surface area contributed by atoms with Crippen LogP contribution < -0.4 is 5.32 Å². The molecule has 7 heteroatoms. The van der Waals surface area contributed by atoms with Gasteiger partial charge in [-0.1, -0.05) is 18.9 Å². The van der Waals surface area contributed by atoms with Gasteiger partial charge in [0.1, 0.15) is 11.5 Å². The van der Waals surface area contributed by atoms with Crippen molar-refractivity contribution < 1.29 is 14.3 Å². The van der Waals surface area contributed by atoms with Gasteiger partial charge in [-0.15, -0.1) is 0 Å². The molecule has 1 fully saturated rings. The number of aliphatic hydroxyl groups is 1. The molecule has 0 unspecified atom stereocenters. The monoisotopic (exact) mass is 445 g/mol. The van der Waals surface area contributed by atoms with Crippen LogP contribution in [0.4, 0.5) is 4.39 Å². The van der Waals surface area contributed by atoms with Crippen LogP contribution in [0.2, 0.25) is 0 Å². The smallest absolute Gasteiger partial charge is 0.270 e. The molecule has 1 saturated carbocycles. The van der Waals surface area contributed by atoms with Crippen molar-refractivity contribution in [3.63, 3.8) is 0 Å². The van der Waals surface area contributed by atoms with Crippen LogP contribution in [0.3, 0.4) is 0 Å². The number of rotatable bonds is 4. The predicted molar refractivity (Wildman–Crippen MR) is 108 cm³/mol. The van der Waals surface area contributed by atoms with Gasteiger partial charge < -0.3 is 10.4 Å². The van der Waals surface area contributed by atoms with Crippen molar-refractivity contribution >= 4 is 27.4 Å². The largest absolute Gasteiger partial charge is 0.391 e. The van der Waals surface area contributed by atoms with E-state index in [0.29, 0.717) is 23.0 Å². The molecule has 28 heavy (non-hydrogen) atoms. The first-order chi connectivity index (χ1) is 13.5. The molecule has 2 aromatic heterocycles. The maximum Gasteiger partial charge on any atom is 0.270 e. The van der Waals surface area contributed by atoms with E-state index in [1.165, 1.54) is 6.07 Å². The number of halogens is 2. The van der Waals surface area contributed by atoms with Crippen molar-refractivity contribution in [2.45, 2.75) is 44.2 Å². The van der Waals surface area contributed by atoms with Gasteiger partial charge in [-0.05, 0) is 76.7 Å². The topological polar surface area (TPSA) is 66.6 Å². The lowest BCUT2D eigenvalue weighted by Crippen LogP contribution is -2.45. The molecule has 0 saturated heterocycles. The maximum atomic E-state index is 13.5.